The summed E-state index contributed by atoms with van der Waals surface area (Å²) in [6, 6.07) is 1.91. The van der Waals surface area contributed by atoms with Crippen LogP contribution in [0.2, 0.25) is 0 Å². The Morgan fingerprint density at radius 1 is 1.64 bits per heavy atom. The molecule has 0 saturated heterocycles. The molecule has 0 amide bonds. The molecular weight excluding hydrogens is 253 g/mol. The summed E-state index contributed by atoms with van der Waals surface area (Å²) < 4.78 is 1.06. The summed E-state index contributed by atoms with van der Waals surface area (Å²) in [4.78, 5) is 3.99. The van der Waals surface area contributed by atoms with Crippen molar-refractivity contribution in [3.63, 3.8) is 0 Å². The molecule has 0 aliphatic heterocycles. The van der Waals surface area contributed by atoms with Gasteiger partial charge in [0.25, 0.3) is 0 Å². The maximum absolute atomic E-state index is 5.66. The molecule has 1 atom stereocenters. The first-order valence-corrected chi connectivity index (χ1v) is 4.35. The molecule has 0 saturated carbocycles. The predicted molar refractivity (Wildman–Crippen MR) is 54.0 cm³/mol. The maximum Gasteiger partial charge on any atom is 0.128 e. The van der Waals surface area contributed by atoms with Crippen LogP contribution in [0.15, 0.2) is 12.3 Å². The smallest absolute Gasteiger partial charge is 0.128 e. The molecule has 1 aromatic rings. The van der Waals surface area contributed by atoms with Crippen LogP contribution in [0.5, 0.6) is 0 Å². The van der Waals surface area contributed by atoms with E-state index in [0.717, 1.165) is 9.13 Å². The predicted octanol–water partition coefficient (Wildman–Crippen LogP) is 1.29. The topological polar surface area (TPSA) is 64.9 Å². The average Bonchev–Trinajstić information content (AvgIpc) is 1.94. The highest BCUT2D eigenvalue weighted by Crippen LogP contribution is 2.17. The number of nitrogens with zero attached hydrogens (tertiary/aromatic N) is 1. The molecule has 1 unspecified atom stereocenters. The molecule has 11 heavy (non-hydrogen) atoms. The molecular formula is C7H10IN3. The summed E-state index contributed by atoms with van der Waals surface area (Å²) >= 11 is 2.18. The minimum atomic E-state index is -0.0442. The van der Waals surface area contributed by atoms with E-state index >= 15 is 0 Å². The van der Waals surface area contributed by atoms with Crippen LogP contribution < -0.4 is 11.5 Å². The number of aromatic nitrogens is 1. The number of hydrogen-bond acceptors (Lipinski definition) is 3. The van der Waals surface area contributed by atoms with Gasteiger partial charge in [-0.15, -0.1) is 0 Å². The fraction of sp³-hybridized carbons (Fsp3) is 0.286. The lowest BCUT2D eigenvalue weighted by Gasteiger charge is -2.07. The third-order valence-electron chi connectivity index (χ3n) is 1.41. The van der Waals surface area contributed by atoms with Crippen LogP contribution in [0.25, 0.3) is 0 Å². The first-order valence-electron chi connectivity index (χ1n) is 3.27. The summed E-state index contributed by atoms with van der Waals surface area (Å²) in [5.74, 6) is 0.528. The van der Waals surface area contributed by atoms with Crippen molar-refractivity contribution in [2.45, 2.75) is 13.0 Å². The van der Waals surface area contributed by atoms with Crippen molar-refractivity contribution < 1.29 is 0 Å². The van der Waals surface area contributed by atoms with Crippen molar-refractivity contribution in [3.05, 3.63) is 21.4 Å². The SMILES string of the molecule is CC(N)c1cc(I)cnc1N. The molecule has 0 radical (unpaired) electrons. The maximum atomic E-state index is 5.66. The summed E-state index contributed by atoms with van der Waals surface area (Å²) in [6.07, 6.45) is 1.72. The number of nitrogens with two attached hydrogens (primary N) is 2. The molecule has 4 N–H and O–H groups in total. The van der Waals surface area contributed by atoms with Crippen LogP contribution >= 0.6 is 22.6 Å². The third-order valence-corrected chi connectivity index (χ3v) is 2.00. The van der Waals surface area contributed by atoms with Gasteiger partial charge in [0, 0.05) is 21.4 Å². The monoisotopic (exact) mass is 263 g/mol. The van der Waals surface area contributed by atoms with E-state index in [1.807, 2.05) is 13.0 Å². The number of pyridine rings is 1. The molecule has 0 fully saturated rings. The molecule has 1 rings (SSSR count). The van der Waals surface area contributed by atoms with E-state index in [1.165, 1.54) is 0 Å². The van der Waals surface area contributed by atoms with E-state index in [2.05, 4.69) is 27.6 Å². The molecule has 3 nitrogen and oxygen atoms in total. The molecule has 0 bridgehead atoms. The molecule has 0 aliphatic rings. The summed E-state index contributed by atoms with van der Waals surface area (Å²) in [5, 5.41) is 0. The number of nitrogen functional groups attached to an aromatic ring is 1. The van der Waals surface area contributed by atoms with Crippen LogP contribution in [0.3, 0.4) is 0 Å². The van der Waals surface area contributed by atoms with E-state index in [1.54, 1.807) is 6.20 Å². The van der Waals surface area contributed by atoms with Crippen LogP contribution in [-0.2, 0) is 0 Å². The van der Waals surface area contributed by atoms with Gasteiger partial charge < -0.3 is 11.5 Å². The Bertz CT molecular complexity index is 260. The minimum absolute atomic E-state index is 0.0442. The number of rotatable bonds is 1. The van der Waals surface area contributed by atoms with E-state index < -0.39 is 0 Å². The van der Waals surface area contributed by atoms with Gasteiger partial charge in [0.15, 0.2) is 0 Å². The van der Waals surface area contributed by atoms with Gasteiger partial charge in [0.05, 0.1) is 0 Å². The number of halogens is 1. The summed E-state index contributed by atoms with van der Waals surface area (Å²) in [6.45, 7) is 1.89. The molecule has 0 aliphatic carbocycles. The van der Waals surface area contributed by atoms with Crippen molar-refractivity contribution >= 4 is 28.4 Å². The van der Waals surface area contributed by atoms with Gasteiger partial charge in [-0.25, -0.2) is 4.98 Å². The Morgan fingerprint density at radius 3 is 2.73 bits per heavy atom. The van der Waals surface area contributed by atoms with Crippen LogP contribution in [0.1, 0.15) is 18.5 Å². The van der Waals surface area contributed by atoms with Crippen molar-refractivity contribution in [2.24, 2.45) is 5.73 Å². The largest absolute Gasteiger partial charge is 0.383 e. The Balaban J connectivity index is 3.13. The lowest BCUT2D eigenvalue weighted by atomic mass is 10.1. The zero-order valence-corrected chi connectivity index (χ0v) is 8.37. The zero-order valence-electron chi connectivity index (χ0n) is 6.21. The van der Waals surface area contributed by atoms with Gasteiger partial charge in [-0.3, -0.25) is 0 Å². The molecule has 4 heteroatoms. The lowest BCUT2D eigenvalue weighted by Crippen LogP contribution is -2.09. The van der Waals surface area contributed by atoms with Gasteiger partial charge >= 0.3 is 0 Å². The second-order valence-electron chi connectivity index (χ2n) is 2.42. The second-order valence-corrected chi connectivity index (χ2v) is 3.66. The van der Waals surface area contributed by atoms with E-state index in [0.29, 0.717) is 5.82 Å². The third kappa shape index (κ3) is 2.03. The fourth-order valence-electron chi connectivity index (χ4n) is 0.830. The number of hydrogen-bond donors (Lipinski definition) is 2. The Kier molecular flexibility index (Phi) is 2.67. The Hall–Kier alpha value is -0.360. The van der Waals surface area contributed by atoms with Crippen molar-refractivity contribution in [1.82, 2.24) is 4.98 Å². The van der Waals surface area contributed by atoms with Gasteiger partial charge in [0.1, 0.15) is 5.82 Å². The average molecular weight is 263 g/mol. The lowest BCUT2D eigenvalue weighted by molar-refractivity contribution is 0.814. The van der Waals surface area contributed by atoms with Gasteiger partial charge in [-0.2, -0.15) is 0 Å². The number of anilines is 1. The minimum Gasteiger partial charge on any atom is -0.383 e. The molecule has 1 heterocycles. The van der Waals surface area contributed by atoms with Gasteiger partial charge in [-0.1, -0.05) is 0 Å². The fourth-order valence-corrected chi connectivity index (χ4v) is 1.30. The highest BCUT2D eigenvalue weighted by molar-refractivity contribution is 14.1. The Labute approximate surface area is 79.3 Å². The molecule has 60 valence electrons. The Morgan fingerprint density at radius 2 is 2.27 bits per heavy atom. The summed E-state index contributed by atoms with van der Waals surface area (Å²) in [5.41, 5.74) is 12.2. The van der Waals surface area contributed by atoms with Crippen molar-refractivity contribution in [3.8, 4) is 0 Å². The standard InChI is InChI=1S/C7H10IN3/c1-4(9)6-2-5(8)3-11-7(6)10/h2-4H,9H2,1H3,(H2,10,11). The zero-order chi connectivity index (χ0) is 8.43. The first kappa shape index (κ1) is 8.73. The first-order chi connectivity index (χ1) is 5.11. The normalized spacial score (nSPS) is 13.0. The van der Waals surface area contributed by atoms with Crippen molar-refractivity contribution in [2.75, 3.05) is 5.73 Å². The summed E-state index contributed by atoms with van der Waals surface area (Å²) in [7, 11) is 0. The van der Waals surface area contributed by atoms with E-state index in [9.17, 15) is 0 Å². The van der Waals surface area contributed by atoms with Crippen molar-refractivity contribution in [1.29, 1.82) is 0 Å². The molecule has 0 spiro atoms. The highest BCUT2D eigenvalue weighted by Gasteiger charge is 2.04. The molecule has 0 aromatic carbocycles. The quantitative estimate of drug-likeness (QED) is 0.750. The molecule has 1 aromatic heterocycles. The van der Waals surface area contributed by atoms with Crippen LogP contribution in [-0.4, -0.2) is 4.98 Å². The highest BCUT2D eigenvalue weighted by atomic mass is 127. The second kappa shape index (κ2) is 3.36. The van der Waals surface area contributed by atoms with E-state index in [4.69, 9.17) is 11.5 Å². The van der Waals surface area contributed by atoms with E-state index in [-0.39, 0.29) is 6.04 Å². The van der Waals surface area contributed by atoms with Crippen LogP contribution in [0, 0.1) is 3.57 Å². The van der Waals surface area contributed by atoms with Gasteiger partial charge in [0.2, 0.25) is 0 Å². The van der Waals surface area contributed by atoms with Crippen LogP contribution in [0.4, 0.5) is 5.82 Å². The van der Waals surface area contributed by atoms with Gasteiger partial charge in [-0.05, 0) is 35.6 Å².